The number of hydrogen-bond donors (Lipinski definition) is 2. The number of thioether (sulfide) groups is 1. The standard InChI is InChI=1S/C21H19F5N4O2S/c1-11-7-19(23)10-33-18(27)30-20(19,9-32-11)14-6-13(3-4-15(14)22)29-17(31)16-5-2-12(8-28-16)21(24,25)26/h2-6,8,11H,7,9-10H2,1H3,(H2,27,30)(H,29,31)/t11-,19+,20+/m0/s1. The molecular weight excluding hydrogens is 467 g/mol. The van der Waals surface area contributed by atoms with E-state index in [-0.39, 0.29) is 40.9 Å². The molecule has 6 nitrogen and oxygen atoms in total. The van der Waals surface area contributed by atoms with E-state index in [1.54, 1.807) is 6.92 Å². The minimum absolute atomic E-state index is 0.0255. The molecule has 0 saturated carbocycles. The molecule has 0 radical (unpaired) electrons. The number of rotatable bonds is 3. The number of carbonyl (C=O) groups excluding carboxylic acids is 1. The van der Waals surface area contributed by atoms with Gasteiger partial charge in [0, 0.05) is 29.6 Å². The number of ether oxygens (including phenoxy) is 1. The Morgan fingerprint density at radius 3 is 2.73 bits per heavy atom. The number of nitrogens with zero attached hydrogens (tertiary/aromatic N) is 2. The first-order valence-corrected chi connectivity index (χ1v) is 10.9. The SMILES string of the molecule is C[C@H]1C[C@@]2(F)CSC(N)=N[C@@]2(c2cc(NC(=O)c3ccc(C(F)(F)F)cn3)ccc2F)CO1. The molecule has 4 rings (SSSR count). The van der Waals surface area contributed by atoms with E-state index < -0.39 is 40.8 Å². The summed E-state index contributed by atoms with van der Waals surface area (Å²) >= 11 is 1.04. The molecule has 2 aliphatic rings. The number of hydrogen-bond acceptors (Lipinski definition) is 6. The summed E-state index contributed by atoms with van der Waals surface area (Å²) in [4.78, 5) is 20.3. The summed E-state index contributed by atoms with van der Waals surface area (Å²) in [7, 11) is 0. The van der Waals surface area contributed by atoms with Crippen LogP contribution in [0.15, 0.2) is 41.5 Å². The number of fused-ring (bicyclic) bond motifs is 1. The molecule has 2 aliphatic heterocycles. The number of carbonyl (C=O) groups is 1. The minimum Gasteiger partial charge on any atom is -0.379 e. The van der Waals surface area contributed by atoms with Gasteiger partial charge in [-0.3, -0.25) is 9.78 Å². The molecule has 2 aromatic rings. The van der Waals surface area contributed by atoms with E-state index in [9.17, 15) is 22.4 Å². The lowest BCUT2D eigenvalue weighted by Crippen LogP contribution is -2.60. The van der Waals surface area contributed by atoms with Gasteiger partial charge in [0.05, 0.1) is 18.3 Å². The third-order valence-electron chi connectivity index (χ3n) is 5.67. The van der Waals surface area contributed by atoms with Gasteiger partial charge in [0.25, 0.3) is 5.91 Å². The van der Waals surface area contributed by atoms with Crippen LogP contribution in [0.5, 0.6) is 0 Å². The molecule has 0 aliphatic carbocycles. The third kappa shape index (κ3) is 4.29. The molecule has 33 heavy (non-hydrogen) atoms. The zero-order chi connectivity index (χ0) is 24.0. The van der Waals surface area contributed by atoms with Gasteiger partial charge in [-0.25, -0.2) is 13.8 Å². The van der Waals surface area contributed by atoms with Crippen molar-refractivity contribution in [2.75, 3.05) is 17.7 Å². The van der Waals surface area contributed by atoms with Crippen molar-refractivity contribution in [2.45, 2.75) is 36.8 Å². The zero-order valence-corrected chi connectivity index (χ0v) is 18.1. The van der Waals surface area contributed by atoms with E-state index in [0.29, 0.717) is 6.20 Å². The normalized spacial score (nSPS) is 27.5. The maximum absolute atomic E-state index is 16.1. The Labute approximate surface area is 189 Å². The highest BCUT2D eigenvalue weighted by Gasteiger charge is 2.60. The average Bonchev–Trinajstić information content (AvgIpc) is 2.75. The number of aliphatic imine (C=N–C) groups is 1. The van der Waals surface area contributed by atoms with Crippen LogP contribution >= 0.6 is 11.8 Å². The first-order chi connectivity index (χ1) is 15.4. The van der Waals surface area contributed by atoms with Crippen LogP contribution in [0.25, 0.3) is 0 Å². The number of anilines is 1. The molecule has 3 N–H and O–H groups in total. The number of aromatic nitrogens is 1. The second kappa shape index (κ2) is 8.24. The number of pyridine rings is 1. The molecule has 176 valence electrons. The van der Waals surface area contributed by atoms with Gasteiger partial charge in [0.1, 0.15) is 17.1 Å². The Balaban J connectivity index is 1.67. The smallest absolute Gasteiger partial charge is 0.379 e. The van der Waals surface area contributed by atoms with Crippen molar-refractivity contribution < 1.29 is 31.5 Å². The van der Waals surface area contributed by atoms with Gasteiger partial charge in [-0.1, -0.05) is 11.8 Å². The molecule has 3 atom stereocenters. The fourth-order valence-corrected chi connectivity index (χ4v) is 4.94. The van der Waals surface area contributed by atoms with Crippen LogP contribution in [0.2, 0.25) is 0 Å². The van der Waals surface area contributed by atoms with Crippen molar-refractivity contribution in [2.24, 2.45) is 10.7 Å². The van der Waals surface area contributed by atoms with Crippen molar-refractivity contribution in [1.82, 2.24) is 4.98 Å². The molecule has 0 unspecified atom stereocenters. The Morgan fingerprint density at radius 1 is 1.30 bits per heavy atom. The van der Waals surface area contributed by atoms with E-state index in [1.807, 2.05) is 0 Å². The number of halogens is 5. The Bertz CT molecular complexity index is 1110. The highest BCUT2D eigenvalue weighted by atomic mass is 32.2. The Kier molecular flexibility index (Phi) is 5.85. The van der Waals surface area contributed by atoms with Gasteiger partial charge in [-0.05, 0) is 37.3 Å². The fourth-order valence-electron chi connectivity index (χ4n) is 3.99. The summed E-state index contributed by atoms with van der Waals surface area (Å²) < 4.78 is 74.9. The Morgan fingerprint density at radius 2 is 2.06 bits per heavy atom. The summed E-state index contributed by atoms with van der Waals surface area (Å²) in [5, 5.41) is 2.54. The summed E-state index contributed by atoms with van der Waals surface area (Å²) in [6.07, 6.45) is -4.48. The maximum atomic E-state index is 16.1. The molecule has 0 spiro atoms. The summed E-state index contributed by atoms with van der Waals surface area (Å²) in [5.74, 6) is -1.62. The highest BCUT2D eigenvalue weighted by molar-refractivity contribution is 8.13. The van der Waals surface area contributed by atoms with Crippen molar-refractivity contribution in [1.29, 1.82) is 0 Å². The number of nitrogens with two attached hydrogens (primary N) is 1. The average molecular weight is 486 g/mol. The lowest BCUT2D eigenvalue weighted by molar-refractivity contribution is -0.137. The van der Waals surface area contributed by atoms with Crippen LogP contribution in [-0.4, -0.2) is 40.2 Å². The second-order valence-corrected chi connectivity index (χ2v) is 8.96. The van der Waals surface area contributed by atoms with E-state index >= 15 is 4.39 Å². The van der Waals surface area contributed by atoms with Gasteiger partial charge in [0.15, 0.2) is 10.8 Å². The number of alkyl halides is 4. The van der Waals surface area contributed by atoms with Crippen LogP contribution in [0.3, 0.4) is 0 Å². The predicted molar refractivity (Wildman–Crippen MR) is 113 cm³/mol. The van der Waals surface area contributed by atoms with Gasteiger partial charge in [0.2, 0.25) is 0 Å². The summed E-state index contributed by atoms with van der Waals surface area (Å²) in [5.41, 5.74) is 0.827. The molecule has 12 heteroatoms. The van der Waals surface area contributed by atoms with Crippen LogP contribution in [-0.2, 0) is 16.5 Å². The second-order valence-electron chi connectivity index (χ2n) is 7.97. The fraction of sp³-hybridized carbons (Fsp3) is 0.381. The number of benzene rings is 1. The van der Waals surface area contributed by atoms with Gasteiger partial charge >= 0.3 is 6.18 Å². The van der Waals surface area contributed by atoms with E-state index in [1.165, 1.54) is 12.1 Å². The molecular formula is C21H19F5N4O2S. The van der Waals surface area contributed by atoms with Crippen LogP contribution in [0, 0.1) is 5.82 Å². The largest absolute Gasteiger partial charge is 0.417 e. The summed E-state index contributed by atoms with van der Waals surface area (Å²) in [6.45, 7) is 1.46. The first-order valence-electron chi connectivity index (χ1n) is 9.87. The monoisotopic (exact) mass is 486 g/mol. The van der Waals surface area contributed by atoms with Crippen molar-refractivity contribution >= 4 is 28.5 Å². The Hall–Kier alpha value is -2.73. The molecule has 1 aromatic heterocycles. The highest BCUT2D eigenvalue weighted by Crippen LogP contribution is 2.52. The molecule has 0 bridgehead atoms. The van der Waals surface area contributed by atoms with Gasteiger partial charge in [-0.2, -0.15) is 13.2 Å². The number of amides is 1. The first kappa shape index (κ1) is 23.4. The van der Waals surface area contributed by atoms with Crippen LogP contribution in [0.1, 0.15) is 35.0 Å². The quantitative estimate of drug-likeness (QED) is 0.633. The predicted octanol–water partition coefficient (Wildman–Crippen LogP) is 4.27. The third-order valence-corrected chi connectivity index (χ3v) is 6.66. The topological polar surface area (TPSA) is 89.6 Å². The lowest BCUT2D eigenvalue weighted by atomic mass is 9.72. The van der Waals surface area contributed by atoms with Crippen LogP contribution in [0.4, 0.5) is 27.6 Å². The van der Waals surface area contributed by atoms with E-state index in [2.05, 4.69) is 15.3 Å². The van der Waals surface area contributed by atoms with Gasteiger partial charge < -0.3 is 15.8 Å². The molecule has 1 aromatic carbocycles. The van der Waals surface area contributed by atoms with E-state index in [4.69, 9.17) is 10.5 Å². The zero-order valence-electron chi connectivity index (χ0n) is 17.2. The lowest BCUT2D eigenvalue weighted by Gasteiger charge is -2.49. The summed E-state index contributed by atoms with van der Waals surface area (Å²) in [6, 6.07) is 5.18. The van der Waals surface area contributed by atoms with E-state index in [0.717, 1.165) is 30.0 Å². The maximum Gasteiger partial charge on any atom is 0.417 e. The van der Waals surface area contributed by atoms with Gasteiger partial charge in [-0.15, -0.1) is 0 Å². The molecule has 3 heterocycles. The molecule has 1 fully saturated rings. The molecule has 1 amide bonds. The van der Waals surface area contributed by atoms with Crippen LogP contribution < -0.4 is 11.1 Å². The number of amidine groups is 1. The van der Waals surface area contributed by atoms with Crippen molar-refractivity contribution in [3.05, 3.63) is 59.2 Å². The van der Waals surface area contributed by atoms with Crippen molar-refractivity contribution in [3.8, 4) is 0 Å². The van der Waals surface area contributed by atoms with Crippen molar-refractivity contribution in [3.63, 3.8) is 0 Å². The molecule has 1 saturated heterocycles. The minimum atomic E-state index is -4.59. The number of nitrogens with one attached hydrogen (secondary N) is 1.